The fraction of sp³-hybridized carbons (Fsp3) is 0.200. The molecule has 2 heterocycles. The van der Waals surface area contributed by atoms with Crippen LogP contribution in [0.2, 0.25) is 0 Å². The average molecular weight is 399 g/mol. The van der Waals surface area contributed by atoms with Crippen LogP contribution < -0.4 is 14.8 Å². The van der Waals surface area contributed by atoms with Crippen LogP contribution in [0.4, 0.5) is 0 Å². The van der Waals surface area contributed by atoms with Crippen molar-refractivity contribution >= 4 is 29.0 Å². The van der Waals surface area contributed by atoms with Gasteiger partial charge in [0.2, 0.25) is 0 Å². The third-order valence-electron chi connectivity index (χ3n) is 4.05. The molecule has 0 unspecified atom stereocenters. The van der Waals surface area contributed by atoms with Gasteiger partial charge in [-0.05, 0) is 24.3 Å². The van der Waals surface area contributed by atoms with Crippen LogP contribution in [0, 0.1) is 0 Å². The molecule has 2 aromatic carbocycles. The second kappa shape index (κ2) is 8.45. The number of hydrogen-bond acceptors (Lipinski definition) is 6. The van der Waals surface area contributed by atoms with Crippen molar-refractivity contribution in [2.24, 2.45) is 0 Å². The smallest absolute Gasteiger partial charge is 0.252 e. The lowest BCUT2D eigenvalue weighted by molar-refractivity contribution is 0.0787. The number of rotatable bonds is 6. The van der Waals surface area contributed by atoms with Gasteiger partial charge in [0, 0.05) is 16.0 Å². The van der Waals surface area contributed by atoms with Crippen LogP contribution >= 0.6 is 23.1 Å². The van der Waals surface area contributed by atoms with E-state index in [2.05, 4.69) is 10.3 Å². The molecular formula is C20H18N2O3S2. The highest BCUT2D eigenvalue weighted by Gasteiger charge is 2.21. The second-order valence-electron chi connectivity index (χ2n) is 5.97. The maximum absolute atomic E-state index is 12.7. The molecule has 0 saturated heterocycles. The molecule has 27 heavy (non-hydrogen) atoms. The topological polar surface area (TPSA) is 60.5 Å². The molecule has 3 aromatic rings. The highest BCUT2D eigenvalue weighted by atomic mass is 32.2. The molecule has 1 aliphatic heterocycles. The third-order valence-corrected chi connectivity index (χ3v) is 5.79. The minimum atomic E-state index is -0.210. The first kappa shape index (κ1) is 17.9. The van der Waals surface area contributed by atoms with E-state index in [1.165, 1.54) is 0 Å². The van der Waals surface area contributed by atoms with Crippen molar-refractivity contribution in [3.05, 3.63) is 70.7 Å². The molecule has 0 spiro atoms. The van der Waals surface area contributed by atoms with Crippen LogP contribution in [0.25, 0.3) is 0 Å². The van der Waals surface area contributed by atoms with Crippen molar-refractivity contribution in [3.8, 4) is 11.5 Å². The van der Waals surface area contributed by atoms with Gasteiger partial charge in [0.25, 0.3) is 5.91 Å². The molecular weight excluding hydrogens is 380 g/mol. The molecule has 0 radical (unpaired) electrons. The van der Waals surface area contributed by atoms with Gasteiger partial charge in [0.1, 0.15) is 12.7 Å². The number of thiazole rings is 1. The van der Waals surface area contributed by atoms with Gasteiger partial charge in [0.15, 0.2) is 11.5 Å². The highest BCUT2D eigenvalue weighted by Crippen LogP contribution is 2.31. The Balaban J connectivity index is 1.36. The van der Waals surface area contributed by atoms with E-state index in [0.29, 0.717) is 24.5 Å². The summed E-state index contributed by atoms with van der Waals surface area (Å²) in [6.45, 7) is 0.801. The van der Waals surface area contributed by atoms with Crippen LogP contribution in [0.15, 0.2) is 64.3 Å². The predicted molar refractivity (Wildman–Crippen MR) is 107 cm³/mol. The van der Waals surface area contributed by atoms with Crippen LogP contribution in [0.5, 0.6) is 11.5 Å². The van der Waals surface area contributed by atoms with E-state index in [1.807, 2.05) is 59.4 Å². The van der Waals surface area contributed by atoms with Crippen LogP contribution in [0.1, 0.15) is 16.1 Å². The Morgan fingerprint density at radius 3 is 2.85 bits per heavy atom. The van der Waals surface area contributed by atoms with E-state index in [9.17, 15) is 4.79 Å². The SMILES string of the molecule is O=C(NC[C@H]1COc2ccccc2O1)c1ccccc1SCc1cscn1. The summed E-state index contributed by atoms with van der Waals surface area (Å²) < 4.78 is 11.6. The number of nitrogens with one attached hydrogen (secondary N) is 1. The van der Waals surface area contributed by atoms with Crippen molar-refractivity contribution in [1.82, 2.24) is 10.3 Å². The zero-order valence-corrected chi connectivity index (χ0v) is 16.1. The molecule has 0 saturated carbocycles. The largest absolute Gasteiger partial charge is 0.486 e. The third kappa shape index (κ3) is 4.43. The molecule has 5 nitrogen and oxygen atoms in total. The Bertz CT molecular complexity index is 915. The molecule has 1 aliphatic rings. The minimum absolute atomic E-state index is 0.112. The number of aromatic nitrogens is 1. The molecule has 1 aromatic heterocycles. The molecule has 1 atom stereocenters. The molecule has 0 bridgehead atoms. The number of nitrogens with zero attached hydrogens (tertiary/aromatic N) is 1. The quantitative estimate of drug-likeness (QED) is 0.636. The van der Waals surface area contributed by atoms with Crippen molar-refractivity contribution in [3.63, 3.8) is 0 Å². The Morgan fingerprint density at radius 1 is 1.19 bits per heavy atom. The van der Waals surface area contributed by atoms with Gasteiger partial charge in [0.05, 0.1) is 23.3 Å². The molecule has 7 heteroatoms. The number of fused-ring (bicyclic) bond motifs is 1. The van der Waals surface area contributed by atoms with Crippen LogP contribution in [-0.2, 0) is 5.75 Å². The summed E-state index contributed by atoms with van der Waals surface area (Å²) in [4.78, 5) is 17.9. The standard InChI is InChI=1S/C20H18N2O3S2/c23-20(21-9-15-10-24-17-6-2-3-7-18(17)25-15)16-5-1-4-8-19(16)27-12-14-11-26-13-22-14/h1-8,11,13,15H,9-10,12H2,(H,21,23)/t15-/m0/s1. The van der Waals surface area contributed by atoms with Gasteiger partial charge in [-0.3, -0.25) is 4.79 Å². The first-order valence-corrected chi connectivity index (χ1v) is 10.5. The summed E-state index contributed by atoms with van der Waals surface area (Å²) in [7, 11) is 0. The molecule has 138 valence electrons. The Kier molecular flexibility index (Phi) is 5.60. The Labute approximate surface area is 165 Å². The van der Waals surface area contributed by atoms with Crippen molar-refractivity contribution in [2.75, 3.05) is 13.2 Å². The first-order chi connectivity index (χ1) is 13.3. The summed E-state index contributed by atoms with van der Waals surface area (Å²) in [5.74, 6) is 2.08. The van der Waals surface area contributed by atoms with Gasteiger partial charge in [-0.25, -0.2) is 4.98 Å². The summed E-state index contributed by atoms with van der Waals surface area (Å²) >= 11 is 3.19. The number of carbonyl (C=O) groups is 1. The summed E-state index contributed by atoms with van der Waals surface area (Å²) in [6, 6.07) is 15.2. The summed E-state index contributed by atoms with van der Waals surface area (Å²) in [6.07, 6.45) is -0.210. The number of hydrogen-bond donors (Lipinski definition) is 1. The Hall–Kier alpha value is -2.51. The fourth-order valence-electron chi connectivity index (χ4n) is 2.71. The van der Waals surface area contributed by atoms with Crippen molar-refractivity contribution in [1.29, 1.82) is 0 Å². The number of benzene rings is 2. The fourth-order valence-corrected chi connectivity index (χ4v) is 4.32. The molecule has 1 amide bonds. The molecule has 4 rings (SSSR count). The normalized spacial score (nSPS) is 15.3. The number of amides is 1. The van der Waals surface area contributed by atoms with E-state index >= 15 is 0 Å². The second-order valence-corrected chi connectivity index (χ2v) is 7.71. The maximum atomic E-state index is 12.7. The Morgan fingerprint density at radius 2 is 2.00 bits per heavy atom. The maximum Gasteiger partial charge on any atom is 0.252 e. The van der Waals surface area contributed by atoms with Crippen molar-refractivity contribution < 1.29 is 14.3 Å². The van der Waals surface area contributed by atoms with Crippen LogP contribution in [0.3, 0.4) is 0 Å². The monoisotopic (exact) mass is 398 g/mol. The molecule has 1 N–H and O–H groups in total. The number of carbonyl (C=O) groups excluding carboxylic acids is 1. The predicted octanol–water partition coefficient (Wildman–Crippen LogP) is 4.01. The van der Waals surface area contributed by atoms with Crippen LogP contribution in [-0.4, -0.2) is 30.1 Å². The summed E-state index contributed by atoms with van der Waals surface area (Å²) in [5, 5.41) is 4.98. The van der Waals surface area contributed by atoms with E-state index in [-0.39, 0.29) is 12.0 Å². The van der Waals surface area contributed by atoms with E-state index in [1.54, 1.807) is 23.1 Å². The molecule has 0 fully saturated rings. The van der Waals surface area contributed by atoms with Gasteiger partial charge in [-0.1, -0.05) is 24.3 Å². The summed E-state index contributed by atoms with van der Waals surface area (Å²) in [5.41, 5.74) is 3.50. The average Bonchev–Trinajstić information content (AvgIpc) is 3.24. The molecule has 0 aliphatic carbocycles. The van der Waals surface area contributed by atoms with Gasteiger partial charge < -0.3 is 14.8 Å². The van der Waals surface area contributed by atoms with E-state index in [4.69, 9.17) is 9.47 Å². The van der Waals surface area contributed by atoms with E-state index < -0.39 is 0 Å². The zero-order chi connectivity index (χ0) is 18.5. The van der Waals surface area contributed by atoms with Gasteiger partial charge in [-0.2, -0.15) is 0 Å². The number of thioether (sulfide) groups is 1. The minimum Gasteiger partial charge on any atom is -0.486 e. The van der Waals surface area contributed by atoms with Crippen molar-refractivity contribution in [2.45, 2.75) is 16.8 Å². The van der Waals surface area contributed by atoms with Gasteiger partial charge in [-0.15, -0.1) is 23.1 Å². The zero-order valence-electron chi connectivity index (χ0n) is 14.5. The number of ether oxygens (including phenoxy) is 2. The van der Waals surface area contributed by atoms with E-state index in [0.717, 1.165) is 22.1 Å². The lowest BCUT2D eigenvalue weighted by atomic mass is 10.2. The highest BCUT2D eigenvalue weighted by molar-refractivity contribution is 7.98. The van der Waals surface area contributed by atoms with Gasteiger partial charge >= 0.3 is 0 Å². The lowest BCUT2D eigenvalue weighted by Crippen LogP contribution is -2.40. The number of para-hydroxylation sites is 2. The first-order valence-electron chi connectivity index (χ1n) is 8.55. The lowest BCUT2D eigenvalue weighted by Gasteiger charge is -2.26.